The summed E-state index contributed by atoms with van der Waals surface area (Å²) in [5, 5.41) is 2.35. The third kappa shape index (κ3) is 3.42. The summed E-state index contributed by atoms with van der Waals surface area (Å²) in [6, 6.07) is 9.74. The smallest absolute Gasteiger partial charge is 0.264 e. The highest BCUT2D eigenvalue weighted by atomic mass is 35.5. The van der Waals surface area contributed by atoms with E-state index in [-0.39, 0.29) is 10.8 Å². The molecule has 0 radical (unpaired) electrons. The molecule has 1 fully saturated rings. The van der Waals surface area contributed by atoms with Crippen LogP contribution in [-0.2, 0) is 10.0 Å². The minimum Gasteiger partial charge on any atom is -0.335 e. The van der Waals surface area contributed by atoms with Gasteiger partial charge in [-0.1, -0.05) is 17.7 Å². The number of carbonyl (C=O) groups excluding carboxylic acids is 1. The van der Waals surface area contributed by atoms with E-state index in [1.54, 1.807) is 23.1 Å². The topological polar surface area (TPSA) is 57.7 Å². The molecule has 0 unspecified atom stereocenters. The SMILES string of the molecule is O=C(c1cccs1)N1CCN(S(=O)(=O)c2ccc(Cl)cc2)CC1. The molecule has 3 rings (SSSR count). The summed E-state index contributed by atoms with van der Waals surface area (Å²) in [5.41, 5.74) is 0. The Morgan fingerprint density at radius 2 is 1.70 bits per heavy atom. The molecule has 5 nitrogen and oxygen atoms in total. The Balaban J connectivity index is 1.69. The van der Waals surface area contributed by atoms with Crippen LogP contribution < -0.4 is 0 Å². The predicted octanol–water partition coefficient (Wildman–Crippen LogP) is 2.55. The van der Waals surface area contributed by atoms with Crippen molar-refractivity contribution in [2.75, 3.05) is 26.2 Å². The summed E-state index contributed by atoms with van der Waals surface area (Å²) in [7, 11) is -3.54. The maximum atomic E-state index is 12.6. The molecule has 0 bridgehead atoms. The fourth-order valence-corrected chi connectivity index (χ4v) is 4.68. The number of halogens is 1. The van der Waals surface area contributed by atoms with Gasteiger partial charge in [-0.15, -0.1) is 11.3 Å². The van der Waals surface area contributed by atoms with Crippen molar-refractivity contribution in [3.8, 4) is 0 Å². The van der Waals surface area contributed by atoms with Gasteiger partial charge < -0.3 is 4.90 Å². The Labute approximate surface area is 144 Å². The van der Waals surface area contributed by atoms with Crippen LogP contribution in [0, 0.1) is 0 Å². The summed E-state index contributed by atoms with van der Waals surface area (Å²) in [6.45, 7) is 1.37. The van der Waals surface area contributed by atoms with Crippen molar-refractivity contribution in [2.45, 2.75) is 4.90 Å². The van der Waals surface area contributed by atoms with Crippen LogP contribution in [0.15, 0.2) is 46.7 Å². The predicted molar refractivity (Wildman–Crippen MR) is 90.4 cm³/mol. The van der Waals surface area contributed by atoms with Gasteiger partial charge in [0.15, 0.2) is 0 Å². The molecule has 1 amide bonds. The molecule has 2 heterocycles. The van der Waals surface area contributed by atoms with Crippen LogP contribution in [0.5, 0.6) is 0 Å². The molecule has 1 aliphatic heterocycles. The highest BCUT2D eigenvalue weighted by molar-refractivity contribution is 7.89. The Kier molecular flexibility index (Phi) is 4.72. The second-order valence-corrected chi connectivity index (χ2v) is 8.45. The molecule has 0 aliphatic carbocycles. The van der Waals surface area contributed by atoms with E-state index < -0.39 is 10.0 Å². The average Bonchev–Trinajstić information content (AvgIpc) is 3.09. The largest absolute Gasteiger partial charge is 0.335 e. The molecular formula is C15H15ClN2O3S2. The molecular weight excluding hydrogens is 356 g/mol. The molecule has 0 atom stereocenters. The fraction of sp³-hybridized carbons (Fsp3) is 0.267. The van der Waals surface area contributed by atoms with Gasteiger partial charge in [0.1, 0.15) is 0 Å². The fourth-order valence-electron chi connectivity index (χ4n) is 2.44. The number of rotatable bonds is 3. The van der Waals surface area contributed by atoms with Crippen LogP contribution in [-0.4, -0.2) is 49.7 Å². The van der Waals surface area contributed by atoms with Crippen molar-refractivity contribution >= 4 is 38.9 Å². The lowest BCUT2D eigenvalue weighted by molar-refractivity contribution is 0.0703. The van der Waals surface area contributed by atoms with Crippen molar-refractivity contribution in [3.05, 3.63) is 51.7 Å². The van der Waals surface area contributed by atoms with Gasteiger partial charge in [0.05, 0.1) is 9.77 Å². The van der Waals surface area contributed by atoms with Gasteiger partial charge in [0, 0.05) is 31.2 Å². The van der Waals surface area contributed by atoms with Gasteiger partial charge in [0.2, 0.25) is 10.0 Å². The third-order valence-corrected chi connectivity index (χ3v) is 6.73. The monoisotopic (exact) mass is 370 g/mol. The third-order valence-electron chi connectivity index (χ3n) is 3.71. The number of hydrogen-bond donors (Lipinski definition) is 0. The molecule has 1 aliphatic rings. The molecule has 2 aromatic rings. The average molecular weight is 371 g/mol. The second kappa shape index (κ2) is 6.60. The normalized spacial score (nSPS) is 16.5. The molecule has 1 aromatic heterocycles. The zero-order valence-corrected chi connectivity index (χ0v) is 14.6. The van der Waals surface area contributed by atoms with E-state index in [0.29, 0.717) is 36.1 Å². The van der Waals surface area contributed by atoms with Crippen molar-refractivity contribution in [3.63, 3.8) is 0 Å². The van der Waals surface area contributed by atoms with E-state index in [9.17, 15) is 13.2 Å². The van der Waals surface area contributed by atoms with Gasteiger partial charge in [-0.05, 0) is 35.7 Å². The Bertz CT molecular complexity index is 781. The summed E-state index contributed by atoms with van der Waals surface area (Å²) < 4.78 is 26.6. The summed E-state index contributed by atoms with van der Waals surface area (Å²) in [6.07, 6.45) is 0. The van der Waals surface area contributed by atoms with Crippen molar-refractivity contribution in [1.82, 2.24) is 9.21 Å². The standard InChI is InChI=1S/C15H15ClN2O3S2/c16-12-3-5-13(6-4-12)23(20,21)18-9-7-17(8-10-18)15(19)14-2-1-11-22-14/h1-6,11H,7-10H2. The minimum absolute atomic E-state index is 0.0384. The molecule has 23 heavy (non-hydrogen) atoms. The first kappa shape index (κ1) is 16.4. The van der Waals surface area contributed by atoms with Crippen LogP contribution in [0.3, 0.4) is 0 Å². The van der Waals surface area contributed by atoms with Crippen LogP contribution >= 0.6 is 22.9 Å². The quantitative estimate of drug-likeness (QED) is 0.834. The van der Waals surface area contributed by atoms with E-state index in [1.807, 2.05) is 11.4 Å². The molecule has 1 aromatic carbocycles. The lowest BCUT2D eigenvalue weighted by Gasteiger charge is -2.33. The van der Waals surface area contributed by atoms with E-state index in [2.05, 4.69) is 0 Å². The van der Waals surface area contributed by atoms with E-state index >= 15 is 0 Å². The van der Waals surface area contributed by atoms with Crippen LogP contribution in [0.4, 0.5) is 0 Å². The van der Waals surface area contributed by atoms with E-state index in [4.69, 9.17) is 11.6 Å². The van der Waals surface area contributed by atoms with Gasteiger partial charge in [-0.25, -0.2) is 8.42 Å². The number of sulfonamides is 1. The van der Waals surface area contributed by atoms with E-state index in [0.717, 1.165) is 0 Å². The van der Waals surface area contributed by atoms with Gasteiger partial charge >= 0.3 is 0 Å². The highest BCUT2D eigenvalue weighted by Gasteiger charge is 2.30. The second-order valence-electron chi connectivity index (χ2n) is 5.13. The van der Waals surface area contributed by atoms with E-state index in [1.165, 1.54) is 27.8 Å². The number of amides is 1. The molecule has 1 saturated heterocycles. The van der Waals surface area contributed by atoms with Crippen LogP contribution in [0.1, 0.15) is 9.67 Å². The first-order valence-corrected chi connectivity index (χ1v) is 9.77. The maximum Gasteiger partial charge on any atom is 0.264 e. The first-order valence-electron chi connectivity index (χ1n) is 7.07. The molecule has 0 saturated carbocycles. The number of hydrogen-bond acceptors (Lipinski definition) is 4. The van der Waals surface area contributed by atoms with Crippen molar-refractivity contribution in [2.24, 2.45) is 0 Å². The number of thiophene rings is 1. The Morgan fingerprint density at radius 1 is 1.04 bits per heavy atom. The lowest BCUT2D eigenvalue weighted by atomic mass is 10.3. The zero-order chi connectivity index (χ0) is 16.4. The molecule has 122 valence electrons. The lowest BCUT2D eigenvalue weighted by Crippen LogP contribution is -2.50. The summed E-state index contributed by atoms with van der Waals surface area (Å²) in [5.74, 6) is -0.0384. The number of nitrogens with zero attached hydrogens (tertiary/aromatic N) is 2. The number of benzene rings is 1. The number of piperazine rings is 1. The Hall–Kier alpha value is -1.41. The Morgan fingerprint density at radius 3 is 2.26 bits per heavy atom. The first-order chi connectivity index (χ1) is 11.0. The van der Waals surface area contributed by atoms with Crippen LogP contribution in [0.2, 0.25) is 5.02 Å². The van der Waals surface area contributed by atoms with Gasteiger partial charge in [-0.2, -0.15) is 4.31 Å². The number of carbonyl (C=O) groups is 1. The molecule has 0 N–H and O–H groups in total. The maximum absolute atomic E-state index is 12.6. The van der Waals surface area contributed by atoms with Crippen LogP contribution in [0.25, 0.3) is 0 Å². The minimum atomic E-state index is -3.54. The van der Waals surface area contributed by atoms with Crippen molar-refractivity contribution < 1.29 is 13.2 Å². The highest BCUT2D eigenvalue weighted by Crippen LogP contribution is 2.21. The summed E-state index contributed by atoms with van der Waals surface area (Å²) >= 11 is 7.19. The van der Waals surface area contributed by atoms with Gasteiger partial charge in [-0.3, -0.25) is 4.79 Å². The summed E-state index contributed by atoms with van der Waals surface area (Å²) in [4.78, 5) is 14.9. The zero-order valence-electron chi connectivity index (χ0n) is 12.2. The molecule has 8 heteroatoms. The van der Waals surface area contributed by atoms with Crippen molar-refractivity contribution in [1.29, 1.82) is 0 Å². The molecule has 0 spiro atoms. The van der Waals surface area contributed by atoms with Gasteiger partial charge in [0.25, 0.3) is 5.91 Å².